The normalized spacial score (nSPS) is 19.0. The molecule has 1 atom stereocenters. The minimum Gasteiger partial charge on any atom is -0.496 e. The maximum absolute atomic E-state index is 12.6. The highest BCUT2D eigenvalue weighted by Gasteiger charge is 2.28. The van der Waals surface area contributed by atoms with Crippen molar-refractivity contribution < 1.29 is 9.53 Å². The highest BCUT2D eigenvalue weighted by Crippen LogP contribution is 2.31. The summed E-state index contributed by atoms with van der Waals surface area (Å²) in [6.07, 6.45) is 2.00. The van der Waals surface area contributed by atoms with E-state index in [2.05, 4.69) is 11.4 Å². The predicted octanol–water partition coefficient (Wildman–Crippen LogP) is 2.56. The van der Waals surface area contributed by atoms with Gasteiger partial charge in [0.1, 0.15) is 5.75 Å². The van der Waals surface area contributed by atoms with Crippen molar-refractivity contribution in [3.63, 3.8) is 0 Å². The third-order valence-corrected chi connectivity index (χ3v) is 3.81. The molecule has 3 heteroatoms. The fourth-order valence-electron chi connectivity index (χ4n) is 2.69. The first-order valence-electron chi connectivity index (χ1n) is 6.48. The van der Waals surface area contributed by atoms with Gasteiger partial charge in [-0.15, -0.1) is 0 Å². The molecule has 0 radical (unpaired) electrons. The summed E-state index contributed by atoms with van der Waals surface area (Å²) in [5.41, 5.74) is 3.98. The van der Waals surface area contributed by atoms with Gasteiger partial charge in [0, 0.05) is 0 Å². The lowest BCUT2D eigenvalue weighted by Gasteiger charge is -2.18. The number of nitrogens with one attached hydrogen (secondary N) is 1. The lowest BCUT2D eigenvalue weighted by Crippen LogP contribution is -2.31. The van der Waals surface area contributed by atoms with Crippen molar-refractivity contribution in [2.24, 2.45) is 0 Å². The number of Topliss-reactive ketones (excluding diaryl/α,β-unsaturated/α-hetero) is 1. The van der Waals surface area contributed by atoms with Gasteiger partial charge in [-0.05, 0) is 56.8 Å². The van der Waals surface area contributed by atoms with Crippen molar-refractivity contribution in [1.82, 2.24) is 5.32 Å². The molecular formula is C15H21NO2. The van der Waals surface area contributed by atoms with Crippen LogP contribution in [0.3, 0.4) is 0 Å². The number of aryl methyl sites for hydroxylation is 2. The third-order valence-electron chi connectivity index (χ3n) is 3.81. The van der Waals surface area contributed by atoms with Gasteiger partial charge in [-0.2, -0.15) is 0 Å². The zero-order chi connectivity index (χ0) is 13.3. The van der Waals surface area contributed by atoms with Crippen LogP contribution in [0.15, 0.2) is 6.07 Å². The van der Waals surface area contributed by atoms with Crippen LogP contribution in [0.1, 0.15) is 39.9 Å². The number of ether oxygens (including phenoxy) is 1. The van der Waals surface area contributed by atoms with E-state index >= 15 is 0 Å². The molecule has 1 fully saturated rings. The SMILES string of the molecule is COc1c(C)c(C)cc(C)c1C(=O)C1CCCN1. The molecule has 0 spiro atoms. The summed E-state index contributed by atoms with van der Waals surface area (Å²) in [7, 11) is 1.64. The average molecular weight is 247 g/mol. The van der Waals surface area contributed by atoms with Gasteiger partial charge in [0.25, 0.3) is 0 Å². The molecule has 0 saturated carbocycles. The van der Waals surface area contributed by atoms with Crippen molar-refractivity contribution in [2.45, 2.75) is 39.7 Å². The number of carbonyl (C=O) groups is 1. The first-order valence-corrected chi connectivity index (χ1v) is 6.48. The minimum atomic E-state index is -0.0419. The largest absolute Gasteiger partial charge is 0.496 e. The second-order valence-corrected chi connectivity index (χ2v) is 5.06. The van der Waals surface area contributed by atoms with Crippen LogP contribution in [0.2, 0.25) is 0 Å². The number of carbonyl (C=O) groups excluding carboxylic acids is 1. The van der Waals surface area contributed by atoms with Gasteiger partial charge in [0.15, 0.2) is 5.78 Å². The molecule has 1 saturated heterocycles. The molecule has 1 N–H and O–H groups in total. The molecule has 1 aliphatic rings. The second kappa shape index (κ2) is 5.11. The molecule has 1 heterocycles. The number of hydrogen-bond donors (Lipinski definition) is 1. The number of ketones is 1. The zero-order valence-corrected chi connectivity index (χ0v) is 11.6. The van der Waals surface area contributed by atoms with Crippen LogP contribution in [-0.2, 0) is 0 Å². The van der Waals surface area contributed by atoms with Gasteiger partial charge in [-0.3, -0.25) is 4.79 Å². The van der Waals surface area contributed by atoms with Gasteiger partial charge >= 0.3 is 0 Å². The Bertz CT molecular complexity index is 474. The Morgan fingerprint density at radius 1 is 1.33 bits per heavy atom. The number of rotatable bonds is 3. The standard InChI is InChI=1S/C15H21NO2/c1-9-8-10(2)13(15(18-4)11(9)3)14(17)12-6-5-7-16-12/h8,12,16H,5-7H2,1-4H3. The van der Waals surface area contributed by atoms with Gasteiger partial charge < -0.3 is 10.1 Å². The summed E-state index contributed by atoms with van der Waals surface area (Å²) in [6, 6.07) is 2.03. The molecule has 1 unspecified atom stereocenters. The van der Waals surface area contributed by atoms with Crippen LogP contribution < -0.4 is 10.1 Å². The fourth-order valence-corrected chi connectivity index (χ4v) is 2.69. The van der Waals surface area contributed by atoms with Crippen LogP contribution in [0, 0.1) is 20.8 Å². The number of hydrogen-bond acceptors (Lipinski definition) is 3. The molecule has 1 aromatic rings. The van der Waals surface area contributed by atoms with Gasteiger partial charge in [0.2, 0.25) is 0 Å². The van der Waals surface area contributed by atoms with Crippen LogP contribution >= 0.6 is 0 Å². The summed E-state index contributed by atoms with van der Waals surface area (Å²) >= 11 is 0. The van der Waals surface area contributed by atoms with Crippen molar-refractivity contribution in [1.29, 1.82) is 0 Å². The van der Waals surface area contributed by atoms with Crippen molar-refractivity contribution in [3.05, 3.63) is 28.3 Å². The summed E-state index contributed by atoms with van der Waals surface area (Å²) in [6.45, 7) is 6.97. The molecule has 1 aromatic carbocycles. The monoisotopic (exact) mass is 247 g/mol. The smallest absolute Gasteiger partial charge is 0.183 e. The Hall–Kier alpha value is -1.35. The molecule has 0 aliphatic carbocycles. The maximum Gasteiger partial charge on any atom is 0.183 e. The van der Waals surface area contributed by atoms with Crippen LogP contribution in [0.5, 0.6) is 5.75 Å². The van der Waals surface area contributed by atoms with E-state index < -0.39 is 0 Å². The van der Waals surface area contributed by atoms with Crippen molar-refractivity contribution in [3.8, 4) is 5.75 Å². The molecule has 0 bridgehead atoms. The highest BCUT2D eigenvalue weighted by atomic mass is 16.5. The van der Waals surface area contributed by atoms with Gasteiger partial charge in [-0.25, -0.2) is 0 Å². The zero-order valence-electron chi connectivity index (χ0n) is 11.6. The van der Waals surface area contributed by atoms with Crippen LogP contribution in [-0.4, -0.2) is 25.5 Å². The topological polar surface area (TPSA) is 38.3 Å². The summed E-state index contributed by atoms with van der Waals surface area (Å²) in [4.78, 5) is 12.6. The Labute approximate surface area is 109 Å². The molecule has 3 nitrogen and oxygen atoms in total. The quantitative estimate of drug-likeness (QED) is 0.834. The summed E-state index contributed by atoms with van der Waals surface area (Å²) in [5.74, 6) is 0.913. The molecule has 98 valence electrons. The van der Waals surface area contributed by atoms with E-state index in [9.17, 15) is 4.79 Å². The summed E-state index contributed by atoms with van der Waals surface area (Å²) < 4.78 is 5.47. The molecule has 0 amide bonds. The third kappa shape index (κ3) is 2.15. The highest BCUT2D eigenvalue weighted by molar-refractivity contribution is 6.04. The fraction of sp³-hybridized carbons (Fsp3) is 0.533. The maximum atomic E-state index is 12.6. The van der Waals surface area contributed by atoms with E-state index in [1.807, 2.05) is 20.8 Å². The first kappa shape index (κ1) is 13.1. The van der Waals surface area contributed by atoms with Crippen LogP contribution in [0.25, 0.3) is 0 Å². The summed E-state index contributed by atoms with van der Waals surface area (Å²) in [5, 5.41) is 3.26. The second-order valence-electron chi connectivity index (χ2n) is 5.06. The lowest BCUT2D eigenvalue weighted by atomic mass is 9.93. The molecule has 18 heavy (non-hydrogen) atoms. The van der Waals surface area contributed by atoms with Gasteiger partial charge in [-0.1, -0.05) is 6.07 Å². The number of methoxy groups -OCH3 is 1. The van der Waals surface area contributed by atoms with E-state index in [4.69, 9.17) is 4.74 Å². The Balaban J connectivity index is 2.48. The molecular weight excluding hydrogens is 226 g/mol. The predicted molar refractivity (Wildman–Crippen MR) is 72.6 cm³/mol. The van der Waals surface area contributed by atoms with Crippen molar-refractivity contribution in [2.75, 3.05) is 13.7 Å². The average Bonchev–Trinajstić information content (AvgIpc) is 2.86. The van der Waals surface area contributed by atoms with E-state index in [1.165, 1.54) is 5.56 Å². The van der Waals surface area contributed by atoms with Crippen molar-refractivity contribution >= 4 is 5.78 Å². The van der Waals surface area contributed by atoms with E-state index in [-0.39, 0.29) is 11.8 Å². The minimum absolute atomic E-state index is 0.0419. The molecule has 2 rings (SSSR count). The lowest BCUT2D eigenvalue weighted by molar-refractivity contribution is 0.0948. The Kier molecular flexibility index (Phi) is 3.71. The first-order chi connectivity index (χ1) is 8.56. The molecule has 1 aliphatic heterocycles. The van der Waals surface area contributed by atoms with E-state index in [0.717, 1.165) is 41.8 Å². The Morgan fingerprint density at radius 3 is 2.61 bits per heavy atom. The van der Waals surface area contributed by atoms with Crippen LogP contribution in [0.4, 0.5) is 0 Å². The molecule has 0 aromatic heterocycles. The van der Waals surface area contributed by atoms with E-state index in [1.54, 1.807) is 7.11 Å². The Morgan fingerprint density at radius 2 is 2.06 bits per heavy atom. The van der Waals surface area contributed by atoms with E-state index in [0.29, 0.717) is 0 Å². The number of benzene rings is 1. The van der Waals surface area contributed by atoms with Gasteiger partial charge in [0.05, 0.1) is 18.7 Å².